The number of carbonyl (C=O) groups is 2. The number of carboxylic acids is 1. The molecule has 1 atom stereocenters. The van der Waals surface area contributed by atoms with Gasteiger partial charge in [0.1, 0.15) is 6.04 Å². The Balaban J connectivity index is 2.47. The van der Waals surface area contributed by atoms with Crippen LogP contribution in [0.15, 0.2) is 0 Å². The van der Waals surface area contributed by atoms with Gasteiger partial charge in [0.15, 0.2) is 0 Å². The molecule has 2 N–H and O–H groups in total. The monoisotopic (exact) mass is 244 g/mol. The molecule has 1 fully saturated rings. The van der Waals surface area contributed by atoms with E-state index < -0.39 is 12.0 Å². The molecule has 1 heterocycles. The molecule has 1 unspecified atom stereocenters. The third kappa shape index (κ3) is 4.60. The van der Waals surface area contributed by atoms with Gasteiger partial charge >= 0.3 is 12.0 Å². The fourth-order valence-corrected chi connectivity index (χ4v) is 1.70. The second kappa shape index (κ2) is 6.44. The molecule has 1 saturated heterocycles. The molecule has 0 spiro atoms. The van der Waals surface area contributed by atoms with Gasteiger partial charge in [-0.25, -0.2) is 9.59 Å². The molecular weight excluding hydrogens is 224 g/mol. The van der Waals surface area contributed by atoms with Crippen LogP contribution in [0.25, 0.3) is 0 Å². The Morgan fingerprint density at radius 2 is 1.94 bits per heavy atom. The van der Waals surface area contributed by atoms with Gasteiger partial charge < -0.3 is 20.1 Å². The van der Waals surface area contributed by atoms with E-state index in [0.717, 1.165) is 0 Å². The lowest BCUT2D eigenvalue weighted by molar-refractivity contribution is -0.139. The summed E-state index contributed by atoms with van der Waals surface area (Å²) in [5.41, 5.74) is 0. The van der Waals surface area contributed by atoms with Crippen LogP contribution in [-0.2, 0) is 9.53 Å². The van der Waals surface area contributed by atoms with Crippen molar-refractivity contribution in [2.75, 3.05) is 26.3 Å². The van der Waals surface area contributed by atoms with E-state index in [2.05, 4.69) is 5.32 Å². The SMILES string of the molecule is CC(C)CC(NC(=O)N1CCOCC1)C(=O)O. The zero-order chi connectivity index (χ0) is 12.8. The standard InChI is InChI=1S/C11H20N2O4/c1-8(2)7-9(10(14)15)12-11(16)13-3-5-17-6-4-13/h8-9H,3-7H2,1-2H3,(H,12,16)(H,14,15). The zero-order valence-corrected chi connectivity index (χ0v) is 10.3. The summed E-state index contributed by atoms with van der Waals surface area (Å²) in [5.74, 6) is -0.763. The zero-order valence-electron chi connectivity index (χ0n) is 10.3. The van der Waals surface area contributed by atoms with Crippen LogP contribution in [-0.4, -0.2) is 54.4 Å². The summed E-state index contributed by atoms with van der Waals surface area (Å²) in [7, 11) is 0. The molecule has 1 aliphatic rings. The molecule has 0 aromatic rings. The Bertz CT molecular complexity index is 275. The third-order valence-electron chi connectivity index (χ3n) is 2.60. The molecule has 0 aliphatic carbocycles. The van der Waals surface area contributed by atoms with Crippen LogP contribution in [0.3, 0.4) is 0 Å². The Morgan fingerprint density at radius 3 is 2.41 bits per heavy atom. The van der Waals surface area contributed by atoms with Crippen LogP contribution in [0.2, 0.25) is 0 Å². The van der Waals surface area contributed by atoms with E-state index in [9.17, 15) is 9.59 Å². The highest BCUT2D eigenvalue weighted by Gasteiger charge is 2.24. The maximum absolute atomic E-state index is 11.8. The lowest BCUT2D eigenvalue weighted by Crippen LogP contribution is -2.51. The summed E-state index contributed by atoms with van der Waals surface area (Å²) in [4.78, 5) is 24.4. The minimum Gasteiger partial charge on any atom is -0.480 e. The van der Waals surface area contributed by atoms with Gasteiger partial charge in [0.25, 0.3) is 0 Å². The van der Waals surface area contributed by atoms with Crippen LogP contribution in [0, 0.1) is 5.92 Å². The summed E-state index contributed by atoms with van der Waals surface area (Å²) in [6.45, 7) is 5.90. The van der Waals surface area contributed by atoms with Crippen molar-refractivity contribution in [2.24, 2.45) is 5.92 Å². The number of nitrogens with zero attached hydrogens (tertiary/aromatic N) is 1. The van der Waals surface area contributed by atoms with Crippen LogP contribution in [0.5, 0.6) is 0 Å². The topological polar surface area (TPSA) is 78.9 Å². The molecule has 0 bridgehead atoms. The molecule has 0 saturated carbocycles. The van der Waals surface area contributed by atoms with Crippen LogP contribution >= 0.6 is 0 Å². The highest BCUT2D eigenvalue weighted by molar-refractivity contribution is 5.82. The first-order chi connectivity index (χ1) is 8.00. The van der Waals surface area contributed by atoms with Gasteiger partial charge in [-0.2, -0.15) is 0 Å². The van der Waals surface area contributed by atoms with Crippen molar-refractivity contribution in [2.45, 2.75) is 26.3 Å². The second-order valence-electron chi connectivity index (χ2n) is 4.57. The van der Waals surface area contributed by atoms with E-state index in [-0.39, 0.29) is 11.9 Å². The first-order valence-corrected chi connectivity index (χ1v) is 5.86. The first-order valence-electron chi connectivity index (χ1n) is 5.86. The number of amides is 2. The average molecular weight is 244 g/mol. The molecule has 0 radical (unpaired) electrons. The molecule has 98 valence electrons. The van der Waals surface area contributed by atoms with Crippen LogP contribution < -0.4 is 5.32 Å². The number of carbonyl (C=O) groups excluding carboxylic acids is 1. The quantitative estimate of drug-likeness (QED) is 0.756. The minimum absolute atomic E-state index is 0.223. The molecule has 2 amide bonds. The van der Waals surface area contributed by atoms with E-state index in [1.165, 1.54) is 0 Å². The number of hydrogen-bond acceptors (Lipinski definition) is 3. The maximum Gasteiger partial charge on any atom is 0.326 e. The number of ether oxygens (including phenoxy) is 1. The Kier molecular flexibility index (Phi) is 5.21. The lowest BCUT2D eigenvalue weighted by atomic mass is 10.0. The maximum atomic E-state index is 11.8. The largest absolute Gasteiger partial charge is 0.480 e. The van der Waals surface area contributed by atoms with E-state index in [1.807, 2.05) is 13.8 Å². The fraction of sp³-hybridized carbons (Fsp3) is 0.818. The molecule has 1 aliphatic heterocycles. The third-order valence-corrected chi connectivity index (χ3v) is 2.60. The summed E-state index contributed by atoms with van der Waals surface area (Å²) >= 11 is 0. The van der Waals surface area contributed by atoms with E-state index in [0.29, 0.717) is 32.7 Å². The molecule has 6 heteroatoms. The molecular formula is C11H20N2O4. The predicted octanol–water partition coefficient (Wildman–Crippen LogP) is 0.527. The van der Waals surface area contributed by atoms with Gasteiger partial charge in [0.05, 0.1) is 13.2 Å². The van der Waals surface area contributed by atoms with E-state index in [4.69, 9.17) is 9.84 Å². The van der Waals surface area contributed by atoms with E-state index in [1.54, 1.807) is 4.90 Å². The molecule has 0 aromatic carbocycles. The van der Waals surface area contributed by atoms with Crippen LogP contribution in [0.1, 0.15) is 20.3 Å². The van der Waals surface area contributed by atoms with Crippen molar-refractivity contribution >= 4 is 12.0 Å². The summed E-state index contributed by atoms with van der Waals surface area (Å²) in [5, 5.41) is 11.6. The highest BCUT2D eigenvalue weighted by atomic mass is 16.5. The van der Waals surface area contributed by atoms with E-state index >= 15 is 0 Å². The molecule has 1 rings (SSSR count). The molecule has 17 heavy (non-hydrogen) atoms. The van der Waals surface area contributed by atoms with Gasteiger partial charge in [-0.1, -0.05) is 13.8 Å². The summed E-state index contributed by atoms with van der Waals surface area (Å²) < 4.78 is 5.13. The number of aliphatic carboxylic acids is 1. The van der Waals surface area contributed by atoms with Gasteiger partial charge in [0, 0.05) is 13.1 Å². The summed E-state index contributed by atoms with van der Waals surface area (Å²) in [6, 6.07) is -1.13. The number of urea groups is 1. The van der Waals surface area contributed by atoms with Gasteiger partial charge in [-0.05, 0) is 12.3 Å². The number of morpholine rings is 1. The van der Waals surface area contributed by atoms with Crippen molar-refractivity contribution in [1.82, 2.24) is 10.2 Å². The summed E-state index contributed by atoms with van der Waals surface area (Å²) in [6.07, 6.45) is 0.436. The second-order valence-corrected chi connectivity index (χ2v) is 4.57. The van der Waals surface area contributed by atoms with Crippen molar-refractivity contribution in [1.29, 1.82) is 0 Å². The molecule has 0 aromatic heterocycles. The minimum atomic E-state index is -0.986. The number of carboxylic acid groups (broad SMARTS) is 1. The highest BCUT2D eigenvalue weighted by Crippen LogP contribution is 2.06. The van der Waals surface area contributed by atoms with Crippen molar-refractivity contribution in [3.05, 3.63) is 0 Å². The van der Waals surface area contributed by atoms with Gasteiger partial charge in [0.2, 0.25) is 0 Å². The smallest absolute Gasteiger partial charge is 0.326 e. The number of nitrogens with one attached hydrogen (secondary N) is 1. The van der Waals surface area contributed by atoms with Gasteiger partial charge in [-0.15, -0.1) is 0 Å². The normalized spacial score (nSPS) is 17.9. The van der Waals surface area contributed by atoms with Crippen molar-refractivity contribution in [3.63, 3.8) is 0 Å². The first kappa shape index (κ1) is 13.8. The Morgan fingerprint density at radius 1 is 1.35 bits per heavy atom. The number of hydrogen-bond donors (Lipinski definition) is 2. The van der Waals surface area contributed by atoms with Crippen molar-refractivity contribution < 1.29 is 19.4 Å². The van der Waals surface area contributed by atoms with Gasteiger partial charge in [-0.3, -0.25) is 0 Å². The number of rotatable bonds is 4. The fourth-order valence-electron chi connectivity index (χ4n) is 1.70. The Labute approximate surface area is 101 Å². The lowest BCUT2D eigenvalue weighted by Gasteiger charge is -2.28. The van der Waals surface area contributed by atoms with Crippen molar-refractivity contribution in [3.8, 4) is 0 Å². The average Bonchev–Trinajstić information content (AvgIpc) is 2.28. The van der Waals surface area contributed by atoms with Crippen LogP contribution in [0.4, 0.5) is 4.79 Å². The predicted molar refractivity (Wildman–Crippen MR) is 61.8 cm³/mol. The molecule has 6 nitrogen and oxygen atoms in total. The Hall–Kier alpha value is -1.30.